The fraction of sp³-hybridized carbons (Fsp3) is 0.400. The summed E-state index contributed by atoms with van der Waals surface area (Å²) in [5, 5.41) is 3.93. The van der Waals surface area contributed by atoms with Gasteiger partial charge in [0, 0.05) is 12.3 Å². The number of Topliss-reactive ketones (excluding diaryl/α,β-unsaturated/α-hetero) is 1. The van der Waals surface area contributed by atoms with Crippen LogP contribution in [0.4, 0.5) is 17.6 Å². The molecule has 2 aromatic rings. The molecular formula is C15H11F4N3O. The Hall–Kier alpha value is -2.25. The molecule has 0 bridgehead atoms. The first kappa shape index (κ1) is 14.3. The predicted octanol–water partition coefficient (Wildman–Crippen LogP) is 3.29. The maximum Gasteiger partial charge on any atom is 0.217 e. The zero-order valence-corrected chi connectivity index (χ0v) is 11.8. The summed E-state index contributed by atoms with van der Waals surface area (Å²) in [6, 6.07) is 0.288. The highest BCUT2D eigenvalue weighted by molar-refractivity contribution is 5.95. The molecule has 1 aliphatic heterocycles. The summed E-state index contributed by atoms with van der Waals surface area (Å²) in [7, 11) is 0. The number of alkyl halides is 1. The number of ketones is 1. The third-order valence-electron chi connectivity index (χ3n) is 4.24. The average Bonchev–Trinajstić information content (AvgIpc) is 3.20. The lowest BCUT2D eigenvalue weighted by Gasteiger charge is -2.14. The van der Waals surface area contributed by atoms with Crippen molar-refractivity contribution in [2.75, 3.05) is 0 Å². The van der Waals surface area contributed by atoms with Crippen LogP contribution in [0.3, 0.4) is 0 Å². The van der Waals surface area contributed by atoms with Crippen molar-refractivity contribution in [1.29, 1.82) is 0 Å². The van der Waals surface area contributed by atoms with Crippen molar-refractivity contribution in [3.63, 3.8) is 0 Å². The molecule has 0 amide bonds. The molecule has 1 aliphatic carbocycles. The number of carbonyl (C=O) groups excluding carboxylic acids is 1. The molecule has 0 unspecified atom stereocenters. The zero-order chi connectivity index (χ0) is 16.3. The van der Waals surface area contributed by atoms with Gasteiger partial charge in [-0.15, -0.1) is 5.10 Å². The Morgan fingerprint density at radius 1 is 1.17 bits per heavy atom. The van der Waals surface area contributed by atoms with Crippen molar-refractivity contribution in [3.8, 4) is 0 Å². The lowest BCUT2D eigenvalue weighted by atomic mass is 10.0. The molecule has 2 heterocycles. The van der Waals surface area contributed by atoms with Crippen LogP contribution in [-0.2, 0) is 0 Å². The van der Waals surface area contributed by atoms with Crippen molar-refractivity contribution in [3.05, 3.63) is 46.8 Å². The molecule has 0 N–H and O–H groups in total. The highest BCUT2D eigenvalue weighted by Crippen LogP contribution is 2.42. The first-order valence-corrected chi connectivity index (χ1v) is 7.25. The van der Waals surface area contributed by atoms with Crippen LogP contribution in [0, 0.1) is 23.4 Å². The van der Waals surface area contributed by atoms with Gasteiger partial charge in [0.25, 0.3) is 0 Å². The molecule has 0 saturated heterocycles. The molecule has 1 aromatic heterocycles. The number of hydrogen-bond donors (Lipinski definition) is 0. The van der Waals surface area contributed by atoms with Crippen molar-refractivity contribution in [2.45, 2.75) is 31.5 Å². The fourth-order valence-electron chi connectivity index (χ4n) is 2.90. The van der Waals surface area contributed by atoms with Crippen LogP contribution in [0.25, 0.3) is 0 Å². The van der Waals surface area contributed by atoms with E-state index in [-0.39, 0.29) is 29.8 Å². The number of carbonyl (C=O) groups is 1. The van der Waals surface area contributed by atoms with E-state index in [4.69, 9.17) is 0 Å². The molecule has 1 fully saturated rings. The Bertz CT molecular complexity index is 815. The van der Waals surface area contributed by atoms with E-state index < -0.39 is 35.2 Å². The van der Waals surface area contributed by atoms with E-state index >= 15 is 0 Å². The maximum atomic E-state index is 14.1. The van der Waals surface area contributed by atoms with Crippen LogP contribution < -0.4 is 0 Å². The number of aromatic nitrogens is 3. The molecule has 0 spiro atoms. The molecule has 2 aliphatic rings. The van der Waals surface area contributed by atoms with Gasteiger partial charge in [-0.3, -0.25) is 4.79 Å². The first-order chi connectivity index (χ1) is 11.0. The summed E-state index contributed by atoms with van der Waals surface area (Å²) in [6.07, 6.45) is -0.448. The van der Waals surface area contributed by atoms with Crippen LogP contribution in [0.15, 0.2) is 12.1 Å². The topological polar surface area (TPSA) is 47.8 Å². The summed E-state index contributed by atoms with van der Waals surface area (Å²) in [5.41, 5.74) is -0.596. The lowest BCUT2D eigenvalue weighted by molar-refractivity contribution is 0.0956. The molecule has 1 aromatic carbocycles. The van der Waals surface area contributed by atoms with E-state index in [2.05, 4.69) is 10.1 Å². The van der Waals surface area contributed by atoms with Gasteiger partial charge in [0.2, 0.25) is 11.6 Å². The Morgan fingerprint density at radius 2 is 1.87 bits per heavy atom. The largest absolute Gasteiger partial charge is 0.290 e. The lowest BCUT2D eigenvalue weighted by Crippen LogP contribution is -2.14. The molecule has 1 saturated carbocycles. The average molecular weight is 325 g/mol. The molecule has 0 radical (unpaired) electrons. The van der Waals surface area contributed by atoms with Crippen molar-refractivity contribution >= 4 is 5.78 Å². The summed E-state index contributed by atoms with van der Waals surface area (Å²) >= 11 is 0. The second-order valence-electron chi connectivity index (χ2n) is 5.85. The molecule has 4 rings (SSSR count). The Labute approximate surface area is 128 Å². The number of halogens is 4. The second-order valence-corrected chi connectivity index (χ2v) is 5.85. The van der Waals surface area contributed by atoms with Gasteiger partial charge in [-0.1, -0.05) is 0 Å². The number of nitrogens with zero attached hydrogens (tertiary/aromatic N) is 3. The van der Waals surface area contributed by atoms with E-state index in [1.54, 1.807) is 0 Å². The molecule has 23 heavy (non-hydrogen) atoms. The third kappa shape index (κ3) is 2.15. The van der Waals surface area contributed by atoms with Gasteiger partial charge < -0.3 is 0 Å². The predicted molar refractivity (Wildman–Crippen MR) is 70.0 cm³/mol. The van der Waals surface area contributed by atoms with Crippen molar-refractivity contribution < 1.29 is 22.4 Å². The fourth-order valence-corrected chi connectivity index (χ4v) is 2.90. The summed E-state index contributed by atoms with van der Waals surface area (Å²) in [4.78, 5) is 15.9. The second kappa shape index (κ2) is 4.87. The monoisotopic (exact) mass is 325 g/mol. The van der Waals surface area contributed by atoms with E-state index in [0.717, 1.165) is 23.6 Å². The number of rotatable bonds is 3. The Morgan fingerprint density at radius 3 is 2.57 bits per heavy atom. The van der Waals surface area contributed by atoms with Crippen LogP contribution in [0.5, 0.6) is 0 Å². The summed E-state index contributed by atoms with van der Waals surface area (Å²) in [6.45, 7) is 0. The standard InChI is InChI=1S/C15H11F4N3O/c16-7-3-4-8(17)12(19)11(7)10-5-9(18)15-20-14(21-22(10)15)13(23)6-1-2-6/h3-4,6,9-10H,1-2,5H2/t9-,10-/m0/s1. The minimum atomic E-state index is -1.62. The summed E-state index contributed by atoms with van der Waals surface area (Å²) < 4.78 is 56.5. The molecular weight excluding hydrogens is 314 g/mol. The van der Waals surface area contributed by atoms with Gasteiger partial charge in [-0.25, -0.2) is 27.2 Å². The quantitative estimate of drug-likeness (QED) is 0.494. The van der Waals surface area contributed by atoms with Gasteiger partial charge in [0.1, 0.15) is 5.82 Å². The number of fused-ring (bicyclic) bond motifs is 1. The van der Waals surface area contributed by atoms with Crippen molar-refractivity contribution in [1.82, 2.24) is 14.8 Å². The van der Waals surface area contributed by atoms with E-state index in [1.165, 1.54) is 0 Å². The molecule has 2 atom stereocenters. The molecule has 4 nitrogen and oxygen atoms in total. The van der Waals surface area contributed by atoms with Crippen LogP contribution >= 0.6 is 0 Å². The normalized spacial score (nSPS) is 23.1. The van der Waals surface area contributed by atoms with Gasteiger partial charge >= 0.3 is 0 Å². The number of hydrogen-bond acceptors (Lipinski definition) is 3. The van der Waals surface area contributed by atoms with Gasteiger partial charge in [0.05, 0.1) is 11.6 Å². The Kier molecular flexibility index (Phi) is 3.04. The maximum absolute atomic E-state index is 14.1. The highest BCUT2D eigenvalue weighted by atomic mass is 19.2. The van der Waals surface area contributed by atoms with Crippen molar-refractivity contribution in [2.24, 2.45) is 5.92 Å². The Balaban J connectivity index is 1.79. The number of benzene rings is 1. The van der Waals surface area contributed by atoms with Gasteiger partial charge in [0.15, 0.2) is 23.6 Å². The van der Waals surface area contributed by atoms with E-state index in [1.807, 2.05) is 0 Å². The third-order valence-corrected chi connectivity index (χ3v) is 4.24. The highest BCUT2D eigenvalue weighted by Gasteiger charge is 2.41. The molecule has 120 valence electrons. The summed E-state index contributed by atoms with van der Waals surface area (Å²) in [5.74, 6) is -4.33. The zero-order valence-electron chi connectivity index (χ0n) is 11.8. The van der Waals surface area contributed by atoms with Crippen LogP contribution in [-0.4, -0.2) is 20.5 Å². The van der Waals surface area contributed by atoms with Crippen LogP contribution in [0.1, 0.15) is 53.5 Å². The van der Waals surface area contributed by atoms with E-state index in [0.29, 0.717) is 6.07 Å². The molecule has 8 heteroatoms. The smallest absolute Gasteiger partial charge is 0.217 e. The van der Waals surface area contributed by atoms with Crippen LogP contribution in [0.2, 0.25) is 0 Å². The minimum Gasteiger partial charge on any atom is -0.290 e. The van der Waals surface area contributed by atoms with Gasteiger partial charge in [-0.2, -0.15) is 0 Å². The van der Waals surface area contributed by atoms with Gasteiger partial charge in [-0.05, 0) is 25.0 Å². The van der Waals surface area contributed by atoms with E-state index in [9.17, 15) is 22.4 Å². The first-order valence-electron chi connectivity index (χ1n) is 7.25. The SMILES string of the molecule is O=C(c1nc2n(n1)[C@H](c1c(F)ccc(F)c1F)C[C@@H]2F)C1CC1. The minimum absolute atomic E-state index is 0.146.